The number of fused-ring (bicyclic) bond motifs is 1. The van der Waals surface area contributed by atoms with E-state index in [1.807, 2.05) is 24.5 Å². The van der Waals surface area contributed by atoms with Crippen LogP contribution in [-0.4, -0.2) is 9.97 Å². The second-order valence-electron chi connectivity index (χ2n) is 8.34. The Balaban J connectivity index is 1.45. The molecule has 6 rings (SSSR count). The maximum absolute atomic E-state index is 4.99. The molecule has 0 bridgehead atoms. The van der Waals surface area contributed by atoms with Crippen molar-refractivity contribution in [3.05, 3.63) is 134 Å². The Morgan fingerprint density at radius 2 is 1.06 bits per heavy atom. The van der Waals surface area contributed by atoms with Gasteiger partial charge >= 0.3 is 0 Å². The van der Waals surface area contributed by atoms with E-state index in [2.05, 4.69) is 114 Å². The van der Waals surface area contributed by atoms with E-state index in [1.54, 1.807) is 0 Å². The number of pyridine rings is 2. The van der Waals surface area contributed by atoms with Crippen molar-refractivity contribution in [1.29, 1.82) is 0 Å². The van der Waals surface area contributed by atoms with E-state index < -0.39 is 0 Å². The van der Waals surface area contributed by atoms with Gasteiger partial charge in [0.05, 0.1) is 11.4 Å². The molecule has 6 aromatic rings. The summed E-state index contributed by atoms with van der Waals surface area (Å²) >= 11 is 0. The molecule has 0 unspecified atom stereocenters. The van der Waals surface area contributed by atoms with E-state index in [4.69, 9.17) is 4.98 Å². The SMILES string of the molecule is c1ccc(-c2cc(-c3ccc(-c4cccc5cnccc45)cc3)cc(-c3ccccc3)n2)cc1. The first-order chi connectivity index (χ1) is 16.8. The largest absolute Gasteiger partial charge is 0.264 e. The molecule has 2 heteroatoms. The van der Waals surface area contributed by atoms with E-state index in [0.717, 1.165) is 33.5 Å². The van der Waals surface area contributed by atoms with Crippen molar-refractivity contribution >= 4 is 10.8 Å². The highest BCUT2D eigenvalue weighted by Gasteiger charge is 2.10. The van der Waals surface area contributed by atoms with Crippen LogP contribution >= 0.6 is 0 Å². The Kier molecular flexibility index (Phi) is 5.17. The Morgan fingerprint density at radius 3 is 1.71 bits per heavy atom. The molecule has 0 atom stereocenters. The van der Waals surface area contributed by atoms with E-state index in [9.17, 15) is 0 Å². The van der Waals surface area contributed by atoms with Crippen LogP contribution < -0.4 is 0 Å². The Labute approximate surface area is 199 Å². The Morgan fingerprint density at radius 1 is 0.441 bits per heavy atom. The van der Waals surface area contributed by atoms with Gasteiger partial charge in [0.25, 0.3) is 0 Å². The summed E-state index contributed by atoms with van der Waals surface area (Å²) in [5.74, 6) is 0. The summed E-state index contributed by atoms with van der Waals surface area (Å²) < 4.78 is 0. The van der Waals surface area contributed by atoms with Crippen LogP contribution in [0.5, 0.6) is 0 Å². The summed E-state index contributed by atoms with van der Waals surface area (Å²) in [6, 6.07) is 42.4. The minimum atomic E-state index is 0.975. The van der Waals surface area contributed by atoms with E-state index in [1.165, 1.54) is 22.1 Å². The van der Waals surface area contributed by atoms with Crippen molar-refractivity contribution in [1.82, 2.24) is 9.97 Å². The van der Waals surface area contributed by atoms with Crippen LogP contribution in [0.15, 0.2) is 134 Å². The maximum Gasteiger partial charge on any atom is 0.0715 e. The second kappa shape index (κ2) is 8.76. The first-order valence-corrected chi connectivity index (χ1v) is 11.4. The van der Waals surface area contributed by atoms with Crippen LogP contribution in [0.1, 0.15) is 0 Å². The van der Waals surface area contributed by atoms with E-state index in [-0.39, 0.29) is 0 Å². The summed E-state index contributed by atoms with van der Waals surface area (Å²) in [5, 5.41) is 2.37. The van der Waals surface area contributed by atoms with Gasteiger partial charge in [-0.25, -0.2) is 4.98 Å². The van der Waals surface area contributed by atoms with Crippen LogP contribution in [0.4, 0.5) is 0 Å². The van der Waals surface area contributed by atoms with Gasteiger partial charge in [0.1, 0.15) is 0 Å². The normalized spacial score (nSPS) is 10.9. The van der Waals surface area contributed by atoms with Gasteiger partial charge in [-0.1, -0.05) is 103 Å². The highest BCUT2D eigenvalue weighted by atomic mass is 14.7. The number of benzene rings is 4. The third-order valence-electron chi connectivity index (χ3n) is 6.17. The van der Waals surface area contributed by atoms with Crippen LogP contribution in [0, 0.1) is 0 Å². The van der Waals surface area contributed by atoms with Gasteiger partial charge in [0.15, 0.2) is 0 Å². The van der Waals surface area contributed by atoms with Crippen molar-refractivity contribution in [3.8, 4) is 44.8 Å². The van der Waals surface area contributed by atoms with E-state index in [0.29, 0.717) is 0 Å². The molecule has 0 spiro atoms. The lowest BCUT2D eigenvalue weighted by molar-refractivity contribution is 1.32. The first-order valence-electron chi connectivity index (χ1n) is 11.4. The zero-order chi connectivity index (χ0) is 22.7. The third kappa shape index (κ3) is 3.87. The lowest BCUT2D eigenvalue weighted by Crippen LogP contribution is -1.91. The zero-order valence-corrected chi connectivity index (χ0v) is 18.6. The molecule has 2 nitrogen and oxygen atoms in total. The number of aromatic nitrogens is 2. The molecule has 0 aliphatic heterocycles. The molecule has 0 aliphatic rings. The summed E-state index contributed by atoms with van der Waals surface area (Å²) in [5.41, 5.74) is 8.91. The molecular weight excluding hydrogens is 412 g/mol. The van der Waals surface area contributed by atoms with E-state index >= 15 is 0 Å². The van der Waals surface area contributed by atoms with Gasteiger partial charge in [-0.2, -0.15) is 0 Å². The molecule has 0 saturated carbocycles. The summed E-state index contributed by atoms with van der Waals surface area (Å²) in [6.07, 6.45) is 3.77. The molecule has 0 aliphatic carbocycles. The number of hydrogen-bond acceptors (Lipinski definition) is 2. The smallest absolute Gasteiger partial charge is 0.0715 e. The van der Waals surface area contributed by atoms with Crippen molar-refractivity contribution < 1.29 is 0 Å². The standard InChI is InChI=1S/C32H22N2/c1-3-8-25(9-4-1)31-20-28(21-32(34-31)26-10-5-2-6-11-26)23-14-16-24(17-15-23)29-13-7-12-27-22-33-19-18-30(27)29/h1-22H. The van der Waals surface area contributed by atoms with Gasteiger partial charge in [-0.05, 0) is 45.8 Å². The fourth-order valence-corrected chi connectivity index (χ4v) is 4.43. The minimum Gasteiger partial charge on any atom is -0.264 e. The lowest BCUT2D eigenvalue weighted by Gasteiger charge is -2.11. The van der Waals surface area contributed by atoms with Crippen molar-refractivity contribution in [2.24, 2.45) is 0 Å². The van der Waals surface area contributed by atoms with Gasteiger partial charge in [0.2, 0.25) is 0 Å². The number of hydrogen-bond donors (Lipinski definition) is 0. The summed E-state index contributed by atoms with van der Waals surface area (Å²) in [4.78, 5) is 9.25. The fourth-order valence-electron chi connectivity index (χ4n) is 4.43. The summed E-state index contributed by atoms with van der Waals surface area (Å²) in [7, 11) is 0. The predicted molar refractivity (Wildman–Crippen MR) is 141 cm³/mol. The third-order valence-corrected chi connectivity index (χ3v) is 6.17. The van der Waals surface area contributed by atoms with Gasteiger partial charge < -0.3 is 0 Å². The van der Waals surface area contributed by atoms with Crippen molar-refractivity contribution in [3.63, 3.8) is 0 Å². The van der Waals surface area contributed by atoms with Gasteiger partial charge in [0, 0.05) is 28.9 Å². The molecule has 0 saturated heterocycles. The Bertz CT molecular complexity index is 1510. The average Bonchev–Trinajstić information content (AvgIpc) is 2.93. The fraction of sp³-hybridized carbons (Fsp3) is 0. The quantitative estimate of drug-likeness (QED) is 0.279. The van der Waals surface area contributed by atoms with Crippen LogP contribution in [0.2, 0.25) is 0 Å². The summed E-state index contributed by atoms with van der Waals surface area (Å²) in [6.45, 7) is 0. The molecule has 0 fully saturated rings. The number of rotatable bonds is 4. The molecule has 34 heavy (non-hydrogen) atoms. The van der Waals surface area contributed by atoms with Crippen LogP contribution in [0.25, 0.3) is 55.5 Å². The highest BCUT2D eigenvalue weighted by molar-refractivity contribution is 5.96. The molecule has 2 heterocycles. The maximum atomic E-state index is 4.99. The molecule has 0 radical (unpaired) electrons. The van der Waals surface area contributed by atoms with Gasteiger partial charge in [-0.3, -0.25) is 4.98 Å². The molecular formula is C32H22N2. The second-order valence-corrected chi connectivity index (χ2v) is 8.34. The predicted octanol–water partition coefficient (Wildman–Crippen LogP) is 8.30. The molecule has 2 aromatic heterocycles. The molecule has 0 N–H and O–H groups in total. The Hall–Kier alpha value is -4.56. The lowest BCUT2D eigenvalue weighted by atomic mass is 9.96. The van der Waals surface area contributed by atoms with Crippen LogP contribution in [0.3, 0.4) is 0 Å². The molecule has 160 valence electrons. The van der Waals surface area contributed by atoms with Crippen LogP contribution in [-0.2, 0) is 0 Å². The topological polar surface area (TPSA) is 25.8 Å². The monoisotopic (exact) mass is 434 g/mol. The average molecular weight is 435 g/mol. The minimum absolute atomic E-state index is 0.975. The van der Waals surface area contributed by atoms with Crippen molar-refractivity contribution in [2.45, 2.75) is 0 Å². The van der Waals surface area contributed by atoms with Crippen molar-refractivity contribution in [2.75, 3.05) is 0 Å². The number of nitrogens with zero attached hydrogens (tertiary/aromatic N) is 2. The molecule has 4 aromatic carbocycles. The molecule has 0 amide bonds. The first kappa shape index (κ1) is 20.1. The highest BCUT2D eigenvalue weighted by Crippen LogP contribution is 2.33. The van der Waals surface area contributed by atoms with Gasteiger partial charge in [-0.15, -0.1) is 0 Å². The zero-order valence-electron chi connectivity index (χ0n) is 18.6.